The molecule has 0 aliphatic rings. The predicted octanol–water partition coefficient (Wildman–Crippen LogP) is 3.79. The van der Waals surface area contributed by atoms with Gasteiger partial charge in [-0.25, -0.2) is 9.36 Å². The zero-order chi connectivity index (χ0) is 22.1. The third-order valence-electron chi connectivity index (χ3n) is 5.52. The summed E-state index contributed by atoms with van der Waals surface area (Å²) in [4.78, 5) is 26.2. The number of hydrogen-bond donors (Lipinski definition) is 1. The van der Waals surface area contributed by atoms with E-state index in [0.717, 1.165) is 22.6 Å². The van der Waals surface area contributed by atoms with Crippen LogP contribution in [-0.2, 0) is 13.5 Å². The summed E-state index contributed by atoms with van der Waals surface area (Å²) in [6.07, 6.45) is 2.18. The van der Waals surface area contributed by atoms with Crippen LogP contribution in [0.5, 0.6) is 0 Å². The van der Waals surface area contributed by atoms with E-state index in [1.807, 2.05) is 75.4 Å². The monoisotopic (exact) mass is 415 g/mol. The van der Waals surface area contributed by atoms with Crippen molar-refractivity contribution in [2.24, 2.45) is 7.05 Å². The van der Waals surface area contributed by atoms with Gasteiger partial charge < -0.3 is 5.32 Å². The first-order valence-corrected chi connectivity index (χ1v) is 10.2. The SMILES string of the molecule is CCc1c(C(=O)Nc2c(C)n(C)n(-c3ccccc3)c2=O)cnn1-c1ccc(C)cc1. The zero-order valence-corrected chi connectivity index (χ0v) is 18.1. The second kappa shape index (κ2) is 8.10. The Kier molecular flexibility index (Phi) is 5.33. The van der Waals surface area contributed by atoms with Crippen LogP contribution in [0.4, 0.5) is 5.69 Å². The highest BCUT2D eigenvalue weighted by Crippen LogP contribution is 2.19. The Morgan fingerprint density at radius 2 is 1.68 bits per heavy atom. The van der Waals surface area contributed by atoms with Gasteiger partial charge in [-0.1, -0.05) is 42.8 Å². The topological polar surface area (TPSA) is 73.8 Å². The van der Waals surface area contributed by atoms with Gasteiger partial charge in [0.15, 0.2) is 0 Å². The number of rotatable bonds is 5. The standard InChI is InChI=1S/C24H25N5O2/c1-5-21-20(15-25-28(21)18-13-11-16(2)12-14-18)23(30)26-22-17(3)27(4)29(24(22)31)19-9-7-6-8-10-19/h6-15H,5H2,1-4H3,(H,26,30). The Balaban J connectivity index is 1.70. The van der Waals surface area contributed by atoms with Gasteiger partial charge in [0.25, 0.3) is 11.5 Å². The number of aryl methyl sites for hydroxylation is 1. The quantitative estimate of drug-likeness (QED) is 0.539. The van der Waals surface area contributed by atoms with Crippen molar-refractivity contribution >= 4 is 11.6 Å². The average Bonchev–Trinajstić information content (AvgIpc) is 3.30. The number of amides is 1. The molecule has 0 radical (unpaired) electrons. The minimum atomic E-state index is -0.346. The van der Waals surface area contributed by atoms with E-state index in [0.29, 0.717) is 17.7 Å². The van der Waals surface area contributed by atoms with Crippen molar-refractivity contribution in [1.29, 1.82) is 0 Å². The molecule has 0 saturated heterocycles. The van der Waals surface area contributed by atoms with Crippen LogP contribution in [0.15, 0.2) is 65.6 Å². The van der Waals surface area contributed by atoms with Crippen LogP contribution in [-0.4, -0.2) is 25.1 Å². The number of carbonyl (C=O) groups excluding carboxylic acids is 1. The van der Waals surface area contributed by atoms with Gasteiger partial charge in [0, 0.05) is 7.05 Å². The number of benzene rings is 2. The van der Waals surface area contributed by atoms with Crippen molar-refractivity contribution in [3.63, 3.8) is 0 Å². The zero-order valence-electron chi connectivity index (χ0n) is 18.1. The van der Waals surface area contributed by atoms with Gasteiger partial charge in [-0.05, 0) is 44.5 Å². The van der Waals surface area contributed by atoms with Crippen molar-refractivity contribution in [3.05, 3.63) is 93.7 Å². The van der Waals surface area contributed by atoms with Gasteiger partial charge in [-0.2, -0.15) is 5.10 Å². The number of anilines is 1. The summed E-state index contributed by atoms with van der Waals surface area (Å²) in [6.45, 7) is 5.82. The second-order valence-electron chi connectivity index (χ2n) is 7.50. The molecule has 0 aliphatic carbocycles. The van der Waals surface area contributed by atoms with Crippen molar-refractivity contribution in [2.75, 3.05) is 5.32 Å². The summed E-state index contributed by atoms with van der Waals surface area (Å²) in [5, 5.41) is 7.26. The highest BCUT2D eigenvalue weighted by molar-refractivity contribution is 6.05. The van der Waals surface area contributed by atoms with E-state index in [1.165, 1.54) is 0 Å². The van der Waals surface area contributed by atoms with Crippen LogP contribution in [0.3, 0.4) is 0 Å². The third kappa shape index (κ3) is 3.59. The molecule has 0 spiro atoms. The highest BCUT2D eigenvalue weighted by Gasteiger charge is 2.22. The van der Waals surface area contributed by atoms with Gasteiger partial charge in [0.1, 0.15) is 5.69 Å². The lowest BCUT2D eigenvalue weighted by Gasteiger charge is -2.08. The maximum absolute atomic E-state index is 13.1. The Bertz CT molecular complexity index is 1290. The van der Waals surface area contributed by atoms with Gasteiger partial charge in [-0.15, -0.1) is 0 Å². The highest BCUT2D eigenvalue weighted by atomic mass is 16.2. The fourth-order valence-electron chi connectivity index (χ4n) is 3.71. The van der Waals surface area contributed by atoms with Gasteiger partial charge in [0.2, 0.25) is 0 Å². The van der Waals surface area contributed by atoms with Crippen LogP contribution < -0.4 is 10.9 Å². The van der Waals surface area contributed by atoms with Crippen molar-refractivity contribution in [3.8, 4) is 11.4 Å². The average molecular weight is 415 g/mol. The first-order chi connectivity index (χ1) is 14.9. The number of carbonyl (C=O) groups is 1. The maximum atomic E-state index is 13.1. The molecule has 7 heteroatoms. The molecule has 1 N–H and O–H groups in total. The molecule has 0 saturated carbocycles. The predicted molar refractivity (Wildman–Crippen MR) is 121 cm³/mol. The minimum Gasteiger partial charge on any atom is -0.316 e. The number of para-hydroxylation sites is 1. The van der Waals surface area contributed by atoms with E-state index >= 15 is 0 Å². The van der Waals surface area contributed by atoms with E-state index in [9.17, 15) is 9.59 Å². The van der Waals surface area contributed by atoms with E-state index < -0.39 is 0 Å². The Labute approximate surface area is 180 Å². The number of hydrogen-bond acceptors (Lipinski definition) is 3. The first-order valence-electron chi connectivity index (χ1n) is 10.2. The molecule has 158 valence electrons. The molecular formula is C24H25N5O2. The van der Waals surface area contributed by atoms with Gasteiger partial charge >= 0.3 is 0 Å². The maximum Gasteiger partial charge on any atom is 0.295 e. The molecule has 0 fully saturated rings. The van der Waals surface area contributed by atoms with E-state index in [-0.39, 0.29) is 17.2 Å². The third-order valence-corrected chi connectivity index (χ3v) is 5.52. The lowest BCUT2D eigenvalue weighted by Crippen LogP contribution is -2.23. The summed E-state index contributed by atoms with van der Waals surface area (Å²) in [7, 11) is 1.80. The summed E-state index contributed by atoms with van der Waals surface area (Å²) < 4.78 is 5.06. The molecule has 0 bridgehead atoms. The summed E-state index contributed by atoms with van der Waals surface area (Å²) in [6, 6.07) is 17.3. The van der Waals surface area contributed by atoms with Crippen LogP contribution >= 0.6 is 0 Å². The van der Waals surface area contributed by atoms with Crippen LogP contribution in [0.1, 0.15) is 34.2 Å². The molecular weight excluding hydrogens is 390 g/mol. The molecule has 4 rings (SSSR count). The molecule has 0 atom stereocenters. The molecule has 2 aromatic heterocycles. The normalized spacial score (nSPS) is 11.0. The molecule has 0 aliphatic heterocycles. The minimum absolute atomic E-state index is 0.265. The molecule has 0 unspecified atom stereocenters. The largest absolute Gasteiger partial charge is 0.316 e. The van der Waals surface area contributed by atoms with Crippen molar-refractivity contribution in [2.45, 2.75) is 27.2 Å². The number of nitrogens with zero attached hydrogens (tertiary/aromatic N) is 4. The van der Waals surface area contributed by atoms with Crippen LogP contribution in [0.25, 0.3) is 11.4 Å². The molecule has 31 heavy (non-hydrogen) atoms. The molecule has 7 nitrogen and oxygen atoms in total. The molecule has 2 heterocycles. The van der Waals surface area contributed by atoms with Crippen molar-refractivity contribution in [1.82, 2.24) is 19.1 Å². The Morgan fingerprint density at radius 1 is 1.00 bits per heavy atom. The summed E-state index contributed by atoms with van der Waals surface area (Å²) in [5.41, 5.74) is 4.69. The molecule has 2 aromatic carbocycles. The van der Waals surface area contributed by atoms with Crippen molar-refractivity contribution < 1.29 is 4.79 Å². The van der Waals surface area contributed by atoms with Crippen LogP contribution in [0, 0.1) is 13.8 Å². The smallest absolute Gasteiger partial charge is 0.295 e. The summed E-state index contributed by atoms with van der Waals surface area (Å²) >= 11 is 0. The van der Waals surface area contributed by atoms with Gasteiger partial charge in [-0.3, -0.25) is 14.3 Å². The fourth-order valence-corrected chi connectivity index (χ4v) is 3.71. The number of nitrogens with one attached hydrogen (secondary N) is 1. The lowest BCUT2D eigenvalue weighted by atomic mass is 10.1. The Morgan fingerprint density at radius 3 is 2.32 bits per heavy atom. The van der Waals surface area contributed by atoms with E-state index in [4.69, 9.17) is 0 Å². The fraction of sp³-hybridized carbons (Fsp3) is 0.208. The molecule has 1 amide bonds. The van der Waals surface area contributed by atoms with E-state index in [1.54, 1.807) is 27.3 Å². The van der Waals surface area contributed by atoms with E-state index in [2.05, 4.69) is 10.4 Å². The number of aromatic nitrogens is 4. The lowest BCUT2D eigenvalue weighted by molar-refractivity contribution is 0.102. The second-order valence-corrected chi connectivity index (χ2v) is 7.50. The Hall–Kier alpha value is -3.87. The molecule has 4 aromatic rings. The summed E-state index contributed by atoms with van der Waals surface area (Å²) in [5.74, 6) is -0.346. The van der Waals surface area contributed by atoms with Crippen LogP contribution in [0.2, 0.25) is 0 Å². The van der Waals surface area contributed by atoms with Gasteiger partial charge in [0.05, 0.1) is 34.5 Å². The first kappa shape index (κ1) is 20.4.